The summed E-state index contributed by atoms with van der Waals surface area (Å²) in [5, 5.41) is 12.6. The van der Waals surface area contributed by atoms with Crippen molar-refractivity contribution in [2.24, 2.45) is 11.8 Å². The van der Waals surface area contributed by atoms with Crippen LogP contribution in [0.3, 0.4) is 0 Å². The molecule has 182 valence electrons. The maximum absolute atomic E-state index is 14.3. The number of aromatic nitrogens is 3. The summed E-state index contributed by atoms with van der Waals surface area (Å²) in [6.45, 7) is 0.953. The van der Waals surface area contributed by atoms with Crippen molar-refractivity contribution in [3.05, 3.63) is 71.8 Å². The first-order valence-electron chi connectivity index (χ1n) is 11.8. The van der Waals surface area contributed by atoms with Gasteiger partial charge in [0.1, 0.15) is 11.6 Å². The van der Waals surface area contributed by atoms with E-state index in [1.165, 1.54) is 18.2 Å². The Morgan fingerprint density at radius 2 is 2.06 bits per heavy atom. The molecule has 1 unspecified atom stereocenters. The maximum Gasteiger partial charge on any atom is 0.314 e. The molecule has 2 aliphatic rings. The average molecular weight is 504 g/mol. The summed E-state index contributed by atoms with van der Waals surface area (Å²) < 4.78 is 20.1. The van der Waals surface area contributed by atoms with Crippen molar-refractivity contribution in [2.45, 2.75) is 18.9 Å². The monoisotopic (exact) mass is 503 g/mol. The molecule has 1 aliphatic heterocycles. The van der Waals surface area contributed by atoms with Crippen molar-refractivity contribution in [1.29, 1.82) is 0 Å². The van der Waals surface area contributed by atoms with Crippen LogP contribution in [0.25, 0.3) is 22.2 Å². The molecule has 7 nitrogen and oxygen atoms in total. The van der Waals surface area contributed by atoms with Crippen molar-refractivity contribution in [3.8, 4) is 17.0 Å². The van der Waals surface area contributed by atoms with Crippen LogP contribution in [0.4, 0.5) is 15.8 Å². The molecule has 2 aromatic carbocycles. The zero-order valence-electron chi connectivity index (χ0n) is 19.5. The summed E-state index contributed by atoms with van der Waals surface area (Å²) in [5.74, 6) is 0.229. The second-order valence-electron chi connectivity index (χ2n) is 9.47. The molecular formula is C27H23ClFN5O2. The second-order valence-corrected chi connectivity index (χ2v) is 9.91. The third-order valence-corrected chi connectivity index (χ3v) is 7.42. The molecule has 1 aliphatic carbocycles. The van der Waals surface area contributed by atoms with Crippen molar-refractivity contribution >= 4 is 39.8 Å². The van der Waals surface area contributed by atoms with Crippen LogP contribution in [-0.4, -0.2) is 45.7 Å². The fraction of sp³-hybridized carbons (Fsp3) is 0.259. The van der Waals surface area contributed by atoms with Crippen LogP contribution in [0.5, 0.6) is 5.75 Å². The number of nitrogens with one attached hydrogen (secondary N) is 1. The minimum atomic E-state index is -0.431. The SMILES string of the molecule is CN1C[C@H]2C[C@@H]1CC2C(=O)Oc1ccc2c(Nc3cnnc(-c4cc(Cl)ccc4F)c3)ccnc2c1. The second kappa shape index (κ2) is 9.11. The molecule has 2 fully saturated rings. The van der Waals surface area contributed by atoms with Crippen molar-refractivity contribution in [2.75, 3.05) is 18.9 Å². The quantitative estimate of drug-likeness (QED) is 0.285. The lowest BCUT2D eigenvalue weighted by Crippen LogP contribution is -2.36. The molecule has 9 heteroatoms. The molecule has 36 heavy (non-hydrogen) atoms. The Kier molecular flexibility index (Phi) is 5.78. The molecule has 1 saturated heterocycles. The lowest BCUT2D eigenvalue weighted by atomic mass is 9.95. The molecule has 6 rings (SSSR count). The molecule has 2 aromatic heterocycles. The van der Waals surface area contributed by atoms with E-state index in [9.17, 15) is 9.18 Å². The van der Waals surface area contributed by atoms with Crippen LogP contribution in [0.2, 0.25) is 5.02 Å². The molecule has 0 radical (unpaired) electrons. The minimum absolute atomic E-state index is 0.0411. The average Bonchev–Trinajstić information content (AvgIpc) is 3.45. The van der Waals surface area contributed by atoms with E-state index >= 15 is 0 Å². The standard InChI is InChI=1S/C27H23ClFN5O2/c1-34-14-15-8-18(34)11-21(15)27(35)36-19-3-4-20-24(6-7-30-25(20)12-19)32-17-10-26(33-31-13-17)22-9-16(28)2-5-23(22)29/h2-7,9-10,12-13,15,18,21H,8,11,14H2,1H3,(H,30,32,33)/t15-,18-,21?/m1/s1. The normalized spacial score (nSPS) is 21.1. The smallest absolute Gasteiger partial charge is 0.314 e. The van der Waals surface area contributed by atoms with Gasteiger partial charge in [-0.1, -0.05) is 11.6 Å². The fourth-order valence-electron chi connectivity index (χ4n) is 5.37. The van der Waals surface area contributed by atoms with Gasteiger partial charge < -0.3 is 15.0 Å². The molecule has 2 bridgehead atoms. The molecule has 1 saturated carbocycles. The number of esters is 1. The first-order valence-corrected chi connectivity index (χ1v) is 12.2. The zero-order valence-corrected chi connectivity index (χ0v) is 20.2. The Hall–Kier alpha value is -3.62. The third kappa shape index (κ3) is 4.27. The van der Waals surface area contributed by atoms with E-state index in [1.807, 2.05) is 12.1 Å². The molecule has 1 N–H and O–H groups in total. The number of fused-ring (bicyclic) bond motifs is 3. The number of pyridine rings is 1. The lowest BCUT2D eigenvalue weighted by molar-refractivity contribution is -0.141. The number of halogens is 2. The van der Waals surface area contributed by atoms with E-state index in [2.05, 4.69) is 32.4 Å². The van der Waals surface area contributed by atoms with Gasteiger partial charge in [-0.05, 0) is 68.3 Å². The Morgan fingerprint density at radius 1 is 1.17 bits per heavy atom. The number of nitrogens with zero attached hydrogens (tertiary/aromatic N) is 4. The largest absolute Gasteiger partial charge is 0.426 e. The van der Waals surface area contributed by atoms with Crippen molar-refractivity contribution < 1.29 is 13.9 Å². The van der Waals surface area contributed by atoms with E-state index < -0.39 is 5.82 Å². The molecule has 0 spiro atoms. The molecule has 0 amide bonds. The Balaban J connectivity index is 1.22. The molecule has 4 aromatic rings. The van der Waals surface area contributed by atoms with E-state index in [4.69, 9.17) is 16.3 Å². The van der Waals surface area contributed by atoms with E-state index in [1.54, 1.807) is 30.6 Å². The predicted octanol–water partition coefficient (Wildman–Crippen LogP) is 5.47. The number of ether oxygens (including phenoxy) is 1. The van der Waals surface area contributed by atoms with E-state index in [-0.39, 0.29) is 17.5 Å². The summed E-state index contributed by atoms with van der Waals surface area (Å²) >= 11 is 6.03. The number of anilines is 2. The van der Waals surface area contributed by atoms with Gasteiger partial charge in [-0.2, -0.15) is 10.2 Å². The number of hydrogen-bond acceptors (Lipinski definition) is 7. The van der Waals surface area contributed by atoms with Gasteiger partial charge in [0.05, 0.1) is 29.0 Å². The number of carbonyl (C=O) groups is 1. The highest BCUT2D eigenvalue weighted by atomic mass is 35.5. The third-order valence-electron chi connectivity index (χ3n) is 7.19. The van der Waals surface area contributed by atoms with Crippen LogP contribution in [-0.2, 0) is 4.79 Å². The lowest BCUT2D eigenvalue weighted by Gasteiger charge is -2.26. The minimum Gasteiger partial charge on any atom is -0.426 e. The number of benzene rings is 2. The van der Waals surface area contributed by atoms with Gasteiger partial charge in [-0.3, -0.25) is 9.78 Å². The predicted molar refractivity (Wildman–Crippen MR) is 136 cm³/mol. The number of hydrogen-bond donors (Lipinski definition) is 1. The Labute approximate surface area is 212 Å². The van der Waals surface area contributed by atoms with Crippen LogP contribution in [0, 0.1) is 17.7 Å². The number of rotatable bonds is 5. The van der Waals surface area contributed by atoms with Crippen LogP contribution >= 0.6 is 11.6 Å². The van der Waals surface area contributed by atoms with Gasteiger partial charge >= 0.3 is 5.97 Å². The number of likely N-dealkylation sites (tertiary alicyclic amines) is 1. The number of piperidine rings is 1. The topological polar surface area (TPSA) is 80.2 Å². The van der Waals surface area contributed by atoms with Gasteiger partial charge in [0, 0.05) is 46.5 Å². The first kappa shape index (κ1) is 22.8. The highest BCUT2D eigenvalue weighted by Gasteiger charge is 2.46. The zero-order chi connectivity index (χ0) is 24.8. The Bertz CT molecular complexity index is 1480. The van der Waals surface area contributed by atoms with Gasteiger partial charge in [0.25, 0.3) is 0 Å². The molecule has 3 atom stereocenters. The summed E-state index contributed by atoms with van der Waals surface area (Å²) in [6.07, 6.45) is 5.16. The Morgan fingerprint density at radius 3 is 2.86 bits per heavy atom. The van der Waals surface area contributed by atoms with Gasteiger partial charge in [-0.15, -0.1) is 0 Å². The van der Waals surface area contributed by atoms with Crippen LogP contribution < -0.4 is 10.1 Å². The van der Waals surface area contributed by atoms with Gasteiger partial charge in [0.15, 0.2) is 0 Å². The van der Waals surface area contributed by atoms with Crippen molar-refractivity contribution in [3.63, 3.8) is 0 Å². The number of carbonyl (C=O) groups excluding carboxylic acids is 1. The molecular weight excluding hydrogens is 481 g/mol. The van der Waals surface area contributed by atoms with Gasteiger partial charge in [-0.25, -0.2) is 4.39 Å². The van der Waals surface area contributed by atoms with Crippen LogP contribution in [0.15, 0.2) is 60.9 Å². The molecule has 3 heterocycles. The summed E-state index contributed by atoms with van der Waals surface area (Å²) in [4.78, 5) is 19.6. The van der Waals surface area contributed by atoms with E-state index in [0.717, 1.165) is 30.5 Å². The fourth-order valence-corrected chi connectivity index (χ4v) is 5.55. The first-order chi connectivity index (χ1) is 17.4. The maximum atomic E-state index is 14.3. The summed E-state index contributed by atoms with van der Waals surface area (Å²) in [7, 11) is 2.12. The van der Waals surface area contributed by atoms with Crippen molar-refractivity contribution in [1.82, 2.24) is 20.1 Å². The van der Waals surface area contributed by atoms with E-state index in [0.29, 0.717) is 39.6 Å². The highest BCUT2D eigenvalue weighted by molar-refractivity contribution is 6.30. The summed E-state index contributed by atoms with van der Waals surface area (Å²) in [6, 6.07) is 13.8. The summed E-state index contributed by atoms with van der Waals surface area (Å²) in [5.41, 5.74) is 2.72. The highest BCUT2D eigenvalue weighted by Crippen LogP contribution is 2.42. The van der Waals surface area contributed by atoms with Crippen LogP contribution in [0.1, 0.15) is 12.8 Å². The van der Waals surface area contributed by atoms with Gasteiger partial charge in [0.2, 0.25) is 0 Å².